The van der Waals surface area contributed by atoms with Gasteiger partial charge in [0.1, 0.15) is 5.82 Å². The van der Waals surface area contributed by atoms with E-state index in [4.69, 9.17) is 0 Å². The van der Waals surface area contributed by atoms with Crippen LogP contribution >= 0.6 is 0 Å². The van der Waals surface area contributed by atoms with Crippen LogP contribution in [0.4, 0.5) is 4.39 Å². The molecule has 1 N–H and O–H groups in total. The van der Waals surface area contributed by atoms with Crippen LogP contribution in [0.2, 0.25) is 0 Å². The van der Waals surface area contributed by atoms with Gasteiger partial charge in [-0.1, -0.05) is 18.2 Å². The van der Waals surface area contributed by atoms with Crippen molar-refractivity contribution in [3.05, 3.63) is 64.1 Å². The number of benzene rings is 1. The molecule has 6 heteroatoms. The number of likely N-dealkylation sites (tertiary alicyclic amines) is 1. The molecule has 124 valence electrons. The Bertz CT molecular complexity index is 844. The molecule has 1 aromatic carbocycles. The van der Waals surface area contributed by atoms with Gasteiger partial charge in [-0.05, 0) is 37.8 Å². The molecular formula is C18H18FN3O2. The van der Waals surface area contributed by atoms with Crippen molar-refractivity contribution in [2.75, 3.05) is 6.54 Å². The van der Waals surface area contributed by atoms with E-state index in [9.17, 15) is 14.0 Å². The normalized spacial score (nSPS) is 21.7. The van der Waals surface area contributed by atoms with E-state index in [1.165, 1.54) is 12.3 Å². The number of rotatable bonds is 3. The first-order valence-corrected chi connectivity index (χ1v) is 8.23. The van der Waals surface area contributed by atoms with Gasteiger partial charge < -0.3 is 9.88 Å². The van der Waals surface area contributed by atoms with Gasteiger partial charge in [0.15, 0.2) is 0 Å². The molecule has 1 amide bonds. The molecule has 2 heterocycles. The molecule has 1 saturated carbocycles. The standard InChI is InChI=1S/C18H18FN3O2/c19-13-5-2-1-4-12(13)18(8-9-18)16(23)22-11-3-6-15(22)14-7-10-20-17(24)21-14/h1-2,4-5,7,10,15H,3,6,8-9,11H2,(H,20,21,24)/t15-/m1/s1. The highest BCUT2D eigenvalue weighted by Crippen LogP contribution is 2.52. The number of hydrogen-bond donors (Lipinski definition) is 1. The van der Waals surface area contributed by atoms with Gasteiger partial charge in [-0.25, -0.2) is 14.2 Å². The van der Waals surface area contributed by atoms with Gasteiger partial charge in [-0.2, -0.15) is 0 Å². The van der Waals surface area contributed by atoms with Crippen LogP contribution in [0.25, 0.3) is 0 Å². The van der Waals surface area contributed by atoms with Crippen LogP contribution in [0, 0.1) is 5.82 Å². The lowest BCUT2D eigenvalue weighted by Crippen LogP contribution is -2.39. The lowest BCUT2D eigenvalue weighted by Gasteiger charge is -2.29. The first-order chi connectivity index (χ1) is 11.6. The summed E-state index contributed by atoms with van der Waals surface area (Å²) in [5.74, 6) is -0.357. The molecule has 1 aliphatic heterocycles. The molecule has 0 spiro atoms. The molecule has 1 saturated heterocycles. The Hall–Kier alpha value is -2.50. The van der Waals surface area contributed by atoms with Crippen molar-refractivity contribution in [2.45, 2.75) is 37.1 Å². The average molecular weight is 327 g/mol. The first kappa shape index (κ1) is 15.1. The molecule has 1 atom stereocenters. The molecule has 0 unspecified atom stereocenters. The van der Waals surface area contributed by atoms with Crippen LogP contribution in [0.3, 0.4) is 0 Å². The molecule has 4 rings (SSSR count). The van der Waals surface area contributed by atoms with Crippen LogP contribution in [0.1, 0.15) is 43.0 Å². The maximum absolute atomic E-state index is 14.2. The van der Waals surface area contributed by atoms with Crippen molar-refractivity contribution in [3.63, 3.8) is 0 Å². The van der Waals surface area contributed by atoms with Crippen molar-refractivity contribution in [2.24, 2.45) is 0 Å². The SMILES string of the molecule is O=C(N1CCC[C@@H]1c1ccnc(=O)[nH]1)C1(c2ccccc2F)CC1. The fourth-order valence-electron chi connectivity index (χ4n) is 3.76. The zero-order valence-corrected chi connectivity index (χ0v) is 13.2. The van der Waals surface area contributed by atoms with E-state index in [0.29, 0.717) is 30.6 Å². The van der Waals surface area contributed by atoms with E-state index in [0.717, 1.165) is 12.8 Å². The number of carbonyl (C=O) groups is 1. The molecule has 2 fully saturated rings. The topological polar surface area (TPSA) is 66.1 Å². The number of hydrogen-bond acceptors (Lipinski definition) is 3. The molecule has 2 aromatic rings. The van der Waals surface area contributed by atoms with E-state index in [1.807, 2.05) is 0 Å². The van der Waals surface area contributed by atoms with E-state index >= 15 is 0 Å². The predicted octanol–water partition coefficient (Wildman–Crippen LogP) is 2.30. The summed E-state index contributed by atoms with van der Waals surface area (Å²) in [7, 11) is 0. The maximum atomic E-state index is 14.2. The number of carbonyl (C=O) groups excluding carboxylic acids is 1. The largest absolute Gasteiger partial charge is 0.345 e. The second kappa shape index (κ2) is 5.54. The minimum absolute atomic E-state index is 0.0345. The predicted molar refractivity (Wildman–Crippen MR) is 85.9 cm³/mol. The Morgan fingerprint density at radius 3 is 2.79 bits per heavy atom. The zero-order chi connectivity index (χ0) is 16.7. The van der Waals surface area contributed by atoms with E-state index in [2.05, 4.69) is 9.97 Å². The van der Waals surface area contributed by atoms with Crippen LogP contribution < -0.4 is 5.69 Å². The van der Waals surface area contributed by atoms with Crippen LogP contribution in [-0.4, -0.2) is 27.3 Å². The van der Waals surface area contributed by atoms with Gasteiger partial charge in [0.25, 0.3) is 0 Å². The lowest BCUT2D eigenvalue weighted by atomic mass is 9.93. The summed E-state index contributed by atoms with van der Waals surface area (Å²) in [6.07, 6.45) is 4.46. The zero-order valence-electron chi connectivity index (χ0n) is 13.2. The van der Waals surface area contributed by atoms with Gasteiger partial charge in [0, 0.05) is 24.0 Å². The van der Waals surface area contributed by atoms with Crippen molar-refractivity contribution in [1.82, 2.24) is 14.9 Å². The number of halogens is 1. The van der Waals surface area contributed by atoms with Gasteiger partial charge in [-0.3, -0.25) is 4.79 Å². The molecule has 5 nitrogen and oxygen atoms in total. The minimum Gasteiger partial charge on any atom is -0.333 e. The van der Waals surface area contributed by atoms with Gasteiger partial charge in [-0.15, -0.1) is 0 Å². The molecule has 0 bridgehead atoms. The van der Waals surface area contributed by atoms with Gasteiger partial charge >= 0.3 is 5.69 Å². The number of nitrogens with one attached hydrogen (secondary N) is 1. The van der Waals surface area contributed by atoms with Crippen molar-refractivity contribution >= 4 is 5.91 Å². The molecule has 1 aromatic heterocycles. The van der Waals surface area contributed by atoms with Crippen molar-refractivity contribution in [1.29, 1.82) is 0 Å². The van der Waals surface area contributed by atoms with Crippen molar-refractivity contribution in [3.8, 4) is 0 Å². The highest BCUT2D eigenvalue weighted by Gasteiger charge is 2.55. The second-order valence-electron chi connectivity index (χ2n) is 6.55. The Labute approximate surface area is 138 Å². The number of aromatic amines is 1. The monoisotopic (exact) mass is 327 g/mol. The van der Waals surface area contributed by atoms with Crippen molar-refractivity contribution < 1.29 is 9.18 Å². The molecule has 2 aliphatic rings. The summed E-state index contributed by atoms with van der Waals surface area (Å²) in [4.78, 5) is 32.8. The number of H-pyrrole nitrogens is 1. The highest BCUT2D eigenvalue weighted by atomic mass is 19.1. The number of aromatic nitrogens is 2. The summed E-state index contributed by atoms with van der Waals surface area (Å²) in [6, 6.07) is 8.09. The second-order valence-corrected chi connectivity index (χ2v) is 6.55. The molecule has 1 aliphatic carbocycles. The highest BCUT2D eigenvalue weighted by molar-refractivity contribution is 5.91. The Morgan fingerprint density at radius 2 is 2.08 bits per heavy atom. The van der Waals surface area contributed by atoms with Crippen LogP contribution in [-0.2, 0) is 10.2 Å². The third-order valence-corrected chi connectivity index (χ3v) is 5.12. The summed E-state index contributed by atoms with van der Waals surface area (Å²) in [5.41, 5.74) is 0.0393. The van der Waals surface area contributed by atoms with Gasteiger partial charge in [0.2, 0.25) is 5.91 Å². The van der Waals surface area contributed by atoms with E-state index < -0.39 is 11.1 Å². The lowest BCUT2D eigenvalue weighted by molar-refractivity contribution is -0.135. The quantitative estimate of drug-likeness (QED) is 0.941. The fourth-order valence-corrected chi connectivity index (χ4v) is 3.76. The van der Waals surface area contributed by atoms with Gasteiger partial charge in [0.05, 0.1) is 11.5 Å². The van der Waals surface area contributed by atoms with Crippen LogP contribution in [0.5, 0.6) is 0 Å². The maximum Gasteiger partial charge on any atom is 0.345 e. The van der Waals surface area contributed by atoms with E-state index in [1.54, 1.807) is 29.2 Å². The third kappa shape index (κ3) is 2.33. The summed E-state index contributed by atoms with van der Waals surface area (Å²) in [5, 5.41) is 0. The third-order valence-electron chi connectivity index (χ3n) is 5.12. The van der Waals surface area contributed by atoms with E-state index in [-0.39, 0.29) is 17.8 Å². The summed E-state index contributed by atoms with van der Waals surface area (Å²) >= 11 is 0. The van der Waals surface area contributed by atoms with Crippen LogP contribution in [0.15, 0.2) is 41.3 Å². The molecule has 24 heavy (non-hydrogen) atoms. The summed E-state index contributed by atoms with van der Waals surface area (Å²) in [6.45, 7) is 0.629. The minimum atomic E-state index is -0.735. The Morgan fingerprint density at radius 1 is 1.29 bits per heavy atom. The number of nitrogens with zero attached hydrogens (tertiary/aromatic N) is 2. The molecule has 0 radical (unpaired) electrons. The number of amides is 1. The Balaban J connectivity index is 1.67. The Kier molecular flexibility index (Phi) is 3.48. The smallest absolute Gasteiger partial charge is 0.333 e. The average Bonchev–Trinajstić information content (AvgIpc) is 3.23. The summed E-state index contributed by atoms with van der Waals surface area (Å²) < 4.78 is 14.2. The first-order valence-electron chi connectivity index (χ1n) is 8.23. The fraction of sp³-hybridized carbons (Fsp3) is 0.389. The molecular weight excluding hydrogens is 309 g/mol.